The van der Waals surface area contributed by atoms with Crippen LogP contribution in [-0.2, 0) is 9.53 Å². The maximum absolute atomic E-state index is 13.5. The molecular formula is C24H21F2N3O5. The number of amides is 3. The number of hydrogen-bond acceptors (Lipinski definition) is 5. The fourth-order valence-electron chi connectivity index (χ4n) is 2.71. The maximum Gasteiger partial charge on any atom is 0.269 e. The van der Waals surface area contributed by atoms with Gasteiger partial charge in [-0.3, -0.25) is 19.6 Å². The highest BCUT2D eigenvalue weighted by Gasteiger charge is 2.48. The Bertz CT molecular complexity index is 1180. The van der Waals surface area contributed by atoms with Gasteiger partial charge in [0.05, 0.1) is 0 Å². The smallest absolute Gasteiger partial charge is 0.269 e. The number of benzene rings is 2. The molecule has 5 N–H and O–H groups in total. The Morgan fingerprint density at radius 1 is 0.971 bits per heavy atom. The zero-order valence-corrected chi connectivity index (χ0v) is 18.2. The summed E-state index contributed by atoms with van der Waals surface area (Å²) in [6, 6.07) is 10.3. The molecule has 0 aromatic heterocycles. The summed E-state index contributed by atoms with van der Waals surface area (Å²) in [5.74, 6) is 8.26. The van der Waals surface area contributed by atoms with E-state index < -0.39 is 35.8 Å². The summed E-state index contributed by atoms with van der Waals surface area (Å²) < 4.78 is 31.7. The molecule has 10 heteroatoms. The molecule has 0 radical (unpaired) electrons. The molecule has 2 atom stereocenters. The molecule has 0 fully saturated rings. The standard InChI is InChI=1S/C24H21F2N3O5/c1-24(34-2,23(25)26)19(22(32)29-33)28-21(31)18-13-9-16(10-14-18)6-4-3-5-15-7-11-17(12-8-15)20(27)30/h7-14,19,23,33H,1-2H3,(H2,27,30)(H,28,31)(H,29,32). The molecule has 0 spiro atoms. The number of nitrogens with two attached hydrogens (primary N) is 1. The van der Waals surface area contributed by atoms with Crippen molar-refractivity contribution in [2.24, 2.45) is 5.73 Å². The van der Waals surface area contributed by atoms with Crippen molar-refractivity contribution in [3.63, 3.8) is 0 Å². The lowest BCUT2D eigenvalue weighted by molar-refractivity contribution is -0.157. The van der Waals surface area contributed by atoms with Crippen molar-refractivity contribution in [2.45, 2.75) is 25.0 Å². The van der Waals surface area contributed by atoms with Gasteiger partial charge in [0, 0.05) is 29.4 Å². The third kappa shape index (κ3) is 6.39. The number of primary amides is 1. The minimum absolute atomic E-state index is 0.0645. The Hall–Kier alpha value is -4.25. The molecule has 8 nitrogen and oxygen atoms in total. The number of carbonyl (C=O) groups is 3. The van der Waals surface area contributed by atoms with Crippen LogP contribution in [0.4, 0.5) is 8.78 Å². The van der Waals surface area contributed by atoms with Crippen LogP contribution in [-0.4, -0.2) is 48.1 Å². The first kappa shape index (κ1) is 26.0. The van der Waals surface area contributed by atoms with E-state index in [1.54, 1.807) is 24.3 Å². The van der Waals surface area contributed by atoms with Gasteiger partial charge in [-0.2, -0.15) is 0 Å². The Kier molecular flexibility index (Phi) is 8.85. The second kappa shape index (κ2) is 11.6. The molecule has 0 saturated carbocycles. The Balaban J connectivity index is 2.11. The highest BCUT2D eigenvalue weighted by Crippen LogP contribution is 2.24. The molecule has 0 aliphatic heterocycles. The number of halogens is 2. The predicted molar refractivity (Wildman–Crippen MR) is 118 cm³/mol. The van der Waals surface area contributed by atoms with Crippen molar-refractivity contribution >= 4 is 17.7 Å². The first-order valence-electron chi connectivity index (χ1n) is 9.72. The van der Waals surface area contributed by atoms with Crippen LogP contribution >= 0.6 is 0 Å². The van der Waals surface area contributed by atoms with Crippen molar-refractivity contribution in [1.82, 2.24) is 10.8 Å². The number of ether oxygens (including phenoxy) is 1. The number of methoxy groups -OCH3 is 1. The van der Waals surface area contributed by atoms with Gasteiger partial charge in [-0.25, -0.2) is 14.3 Å². The highest BCUT2D eigenvalue weighted by atomic mass is 19.3. The minimum Gasteiger partial charge on any atom is -0.370 e. The first-order valence-corrected chi connectivity index (χ1v) is 9.72. The summed E-state index contributed by atoms with van der Waals surface area (Å²) in [5, 5.41) is 11.0. The van der Waals surface area contributed by atoms with Crippen LogP contribution in [0.2, 0.25) is 0 Å². The van der Waals surface area contributed by atoms with Crippen LogP contribution in [0.3, 0.4) is 0 Å². The number of rotatable bonds is 7. The van der Waals surface area contributed by atoms with Crippen molar-refractivity contribution in [3.05, 3.63) is 70.8 Å². The van der Waals surface area contributed by atoms with E-state index in [1.165, 1.54) is 29.7 Å². The predicted octanol–water partition coefficient (Wildman–Crippen LogP) is 1.46. The fourth-order valence-corrected chi connectivity index (χ4v) is 2.71. The lowest BCUT2D eigenvalue weighted by Crippen LogP contribution is -2.62. The lowest BCUT2D eigenvalue weighted by atomic mass is 9.95. The molecule has 3 amide bonds. The van der Waals surface area contributed by atoms with Crippen molar-refractivity contribution in [3.8, 4) is 23.7 Å². The highest BCUT2D eigenvalue weighted by molar-refractivity contribution is 5.98. The number of hydroxylamine groups is 1. The average Bonchev–Trinajstić information content (AvgIpc) is 2.84. The van der Waals surface area contributed by atoms with Gasteiger partial charge in [0.2, 0.25) is 5.91 Å². The Labute approximate surface area is 194 Å². The van der Waals surface area contributed by atoms with E-state index in [0.29, 0.717) is 16.7 Å². The van der Waals surface area contributed by atoms with Gasteiger partial charge >= 0.3 is 0 Å². The summed E-state index contributed by atoms with van der Waals surface area (Å²) in [7, 11) is 0.961. The third-order valence-corrected chi connectivity index (χ3v) is 4.89. The normalized spacial score (nSPS) is 12.8. The van der Waals surface area contributed by atoms with Gasteiger partial charge in [-0.05, 0) is 67.3 Å². The molecular weight excluding hydrogens is 448 g/mol. The van der Waals surface area contributed by atoms with Crippen LogP contribution in [0.5, 0.6) is 0 Å². The van der Waals surface area contributed by atoms with Gasteiger partial charge < -0.3 is 15.8 Å². The fraction of sp³-hybridized carbons (Fsp3) is 0.208. The van der Waals surface area contributed by atoms with E-state index in [-0.39, 0.29) is 5.56 Å². The number of carbonyl (C=O) groups excluding carboxylic acids is 3. The quantitative estimate of drug-likeness (QED) is 0.277. The molecule has 0 saturated heterocycles. The molecule has 0 heterocycles. The molecule has 0 aliphatic carbocycles. The topological polar surface area (TPSA) is 131 Å². The molecule has 2 aromatic rings. The first-order chi connectivity index (χ1) is 16.1. The van der Waals surface area contributed by atoms with Crippen LogP contribution in [0, 0.1) is 23.7 Å². The van der Waals surface area contributed by atoms with Gasteiger partial charge in [0.25, 0.3) is 18.2 Å². The van der Waals surface area contributed by atoms with E-state index in [9.17, 15) is 23.2 Å². The summed E-state index contributed by atoms with van der Waals surface area (Å²) >= 11 is 0. The summed E-state index contributed by atoms with van der Waals surface area (Å²) in [5.41, 5.74) is 5.64. The molecule has 2 aromatic carbocycles. The van der Waals surface area contributed by atoms with Gasteiger partial charge in [-0.1, -0.05) is 11.8 Å². The van der Waals surface area contributed by atoms with Crippen molar-refractivity contribution in [2.75, 3.05) is 7.11 Å². The van der Waals surface area contributed by atoms with Crippen LogP contribution < -0.4 is 16.5 Å². The van der Waals surface area contributed by atoms with E-state index >= 15 is 0 Å². The zero-order chi connectivity index (χ0) is 25.3. The summed E-state index contributed by atoms with van der Waals surface area (Å²) in [4.78, 5) is 35.4. The van der Waals surface area contributed by atoms with E-state index in [1.807, 2.05) is 0 Å². The number of alkyl halides is 2. The van der Waals surface area contributed by atoms with Crippen molar-refractivity contribution < 1.29 is 33.1 Å². The molecule has 2 unspecified atom stereocenters. The minimum atomic E-state index is -3.14. The molecule has 0 bridgehead atoms. The Morgan fingerprint density at radius 3 is 1.82 bits per heavy atom. The summed E-state index contributed by atoms with van der Waals surface area (Å²) in [6.45, 7) is 0.934. The SMILES string of the molecule is COC(C)(C(F)F)C(NC(=O)c1ccc(C#CC#Cc2ccc(C(N)=O)cc2)cc1)C(=O)NO. The van der Waals surface area contributed by atoms with E-state index in [4.69, 9.17) is 15.7 Å². The Morgan fingerprint density at radius 2 is 1.44 bits per heavy atom. The molecule has 2 rings (SSSR count). The van der Waals surface area contributed by atoms with Gasteiger partial charge in [0.1, 0.15) is 6.04 Å². The van der Waals surface area contributed by atoms with Crippen molar-refractivity contribution in [1.29, 1.82) is 0 Å². The zero-order valence-electron chi connectivity index (χ0n) is 18.2. The van der Waals surface area contributed by atoms with E-state index in [0.717, 1.165) is 14.0 Å². The number of hydrogen-bond donors (Lipinski definition) is 4. The second-order valence-corrected chi connectivity index (χ2v) is 7.09. The second-order valence-electron chi connectivity index (χ2n) is 7.09. The maximum atomic E-state index is 13.5. The number of nitrogens with one attached hydrogen (secondary N) is 2. The molecule has 0 aliphatic rings. The monoisotopic (exact) mass is 469 g/mol. The van der Waals surface area contributed by atoms with Crippen LogP contribution in [0.25, 0.3) is 0 Å². The molecule has 176 valence electrons. The lowest BCUT2D eigenvalue weighted by Gasteiger charge is -2.34. The summed E-state index contributed by atoms with van der Waals surface area (Å²) in [6.07, 6.45) is -3.14. The van der Waals surface area contributed by atoms with Crippen LogP contribution in [0.1, 0.15) is 38.8 Å². The largest absolute Gasteiger partial charge is 0.370 e. The third-order valence-electron chi connectivity index (χ3n) is 4.89. The molecule has 34 heavy (non-hydrogen) atoms. The van der Waals surface area contributed by atoms with E-state index in [2.05, 4.69) is 29.0 Å². The van der Waals surface area contributed by atoms with Crippen LogP contribution in [0.15, 0.2) is 48.5 Å². The average molecular weight is 469 g/mol. The van der Waals surface area contributed by atoms with Gasteiger partial charge in [-0.15, -0.1) is 0 Å². The van der Waals surface area contributed by atoms with Gasteiger partial charge in [0.15, 0.2) is 5.60 Å².